The number of amides is 1. The van der Waals surface area contributed by atoms with Crippen LogP contribution in [-0.4, -0.2) is 26.6 Å². The largest absolute Gasteiger partial charge is 0.342 e. The molecule has 5 nitrogen and oxygen atoms in total. The molecule has 0 heterocycles. The fraction of sp³-hybridized carbons (Fsp3) is 0.167. The van der Waals surface area contributed by atoms with Gasteiger partial charge in [0.25, 0.3) is 0 Å². The number of nitrogens with one attached hydrogen (secondary N) is 1. The van der Waals surface area contributed by atoms with E-state index in [4.69, 9.17) is 5.26 Å². The number of hydrogen-bond acceptors (Lipinski definition) is 4. The Balaban J connectivity index is 1.91. The monoisotopic (exact) mass is 418 g/mol. The highest BCUT2D eigenvalue weighted by Crippen LogP contribution is 2.26. The Morgan fingerprint density at radius 1 is 0.900 bits per heavy atom. The lowest BCUT2D eigenvalue weighted by molar-refractivity contribution is -0.121. The summed E-state index contributed by atoms with van der Waals surface area (Å²) in [5.41, 5.74) is 3.14. The zero-order valence-electron chi connectivity index (χ0n) is 16.4. The van der Waals surface area contributed by atoms with E-state index in [1.54, 1.807) is 30.3 Å². The highest BCUT2D eigenvalue weighted by atomic mass is 32.2. The van der Waals surface area contributed by atoms with Crippen molar-refractivity contribution in [1.82, 2.24) is 5.32 Å². The molecule has 3 aromatic rings. The molecule has 1 atom stereocenters. The van der Waals surface area contributed by atoms with Crippen LogP contribution in [-0.2, 0) is 20.4 Å². The summed E-state index contributed by atoms with van der Waals surface area (Å²) in [5, 5.41) is 11.3. The number of carbonyl (C=O) groups excluding carboxylic acids is 1. The van der Waals surface area contributed by atoms with Crippen molar-refractivity contribution in [1.29, 1.82) is 5.26 Å². The molecule has 0 saturated heterocycles. The molecule has 0 aliphatic rings. The van der Waals surface area contributed by atoms with E-state index < -0.39 is 21.7 Å². The van der Waals surface area contributed by atoms with Crippen molar-refractivity contribution in [3.63, 3.8) is 0 Å². The number of rotatable bonds is 8. The third kappa shape index (κ3) is 5.79. The van der Waals surface area contributed by atoms with E-state index in [1.807, 2.05) is 60.7 Å². The zero-order chi connectivity index (χ0) is 21.4. The number of nitrogens with zero attached hydrogens (tertiary/aromatic N) is 1. The first-order valence-electron chi connectivity index (χ1n) is 9.53. The van der Waals surface area contributed by atoms with Gasteiger partial charge in [0.05, 0.1) is 23.5 Å². The van der Waals surface area contributed by atoms with Crippen LogP contribution < -0.4 is 5.32 Å². The van der Waals surface area contributed by atoms with E-state index >= 15 is 0 Å². The van der Waals surface area contributed by atoms with Gasteiger partial charge in [0, 0.05) is 0 Å². The van der Waals surface area contributed by atoms with E-state index in [2.05, 4.69) is 5.32 Å². The highest BCUT2D eigenvalue weighted by molar-refractivity contribution is 7.90. The zero-order valence-corrected chi connectivity index (χ0v) is 17.2. The lowest BCUT2D eigenvalue weighted by atomic mass is 9.95. The predicted molar refractivity (Wildman–Crippen MR) is 117 cm³/mol. The Kier molecular flexibility index (Phi) is 6.99. The van der Waals surface area contributed by atoms with Crippen molar-refractivity contribution >= 4 is 15.7 Å². The van der Waals surface area contributed by atoms with Crippen LogP contribution >= 0.6 is 0 Å². The summed E-state index contributed by atoms with van der Waals surface area (Å²) in [6, 6.07) is 27.7. The van der Waals surface area contributed by atoms with E-state index in [0.29, 0.717) is 11.1 Å². The lowest BCUT2D eigenvalue weighted by Crippen LogP contribution is -2.33. The Hall–Kier alpha value is -3.43. The maximum Gasteiger partial charge on any atom is 0.229 e. The van der Waals surface area contributed by atoms with Crippen LogP contribution in [0.15, 0.2) is 84.9 Å². The number of benzene rings is 3. The summed E-state index contributed by atoms with van der Waals surface area (Å²) in [6.07, 6.45) is 0. The van der Waals surface area contributed by atoms with Crippen molar-refractivity contribution in [2.24, 2.45) is 0 Å². The minimum Gasteiger partial charge on any atom is -0.342 e. The van der Waals surface area contributed by atoms with Crippen molar-refractivity contribution in [2.75, 3.05) is 12.3 Å². The molecule has 0 aliphatic carbocycles. The molecule has 3 rings (SSSR count). The topological polar surface area (TPSA) is 87.0 Å². The molecule has 0 bridgehead atoms. The Morgan fingerprint density at radius 3 is 2.20 bits per heavy atom. The summed E-state index contributed by atoms with van der Waals surface area (Å²) in [6.45, 7) is -0.174. The molecule has 30 heavy (non-hydrogen) atoms. The molecule has 152 valence electrons. The molecule has 1 amide bonds. The second-order valence-corrected chi connectivity index (χ2v) is 9.07. The van der Waals surface area contributed by atoms with E-state index in [-0.39, 0.29) is 18.1 Å². The third-order valence-electron chi connectivity index (χ3n) is 4.70. The minimum absolute atomic E-state index is 0.145. The molecule has 0 aliphatic heterocycles. The van der Waals surface area contributed by atoms with Gasteiger partial charge in [-0.05, 0) is 22.3 Å². The summed E-state index contributed by atoms with van der Waals surface area (Å²) in [7, 11) is -3.57. The van der Waals surface area contributed by atoms with Crippen molar-refractivity contribution in [2.45, 2.75) is 11.7 Å². The van der Waals surface area contributed by atoms with Gasteiger partial charge in [0.1, 0.15) is 6.54 Å². The Labute approximate surface area is 176 Å². The number of hydrogen-bond donors (Lipinski definition) is 1. The van der Waals surface area contributed by atoms with Gasteiger partial charge in [-0.3, -0.25) is 4.79 Å². The SMILES string of the molecule is N#CCNC(=O)C(CS(=O)(=O)Cc1ccccc1)c1cccc(-c2ccccc2)c1. The quantitative estimate of drug-likeness (QED) is 0.565. The molecule has 0 aromatic heterocycles. The molecule has 3 aromatic carbocycles. The first kappa shape index (κ1) is 21.3. The summed E-state index contributed by atoms with van der Waals surface area (Å²) >= 11 is 0. The number of nitriles is 1. The minimum atomic E-state index is -3.57. The van der Waals surface area contributed by atoms with Gasteiger partial charge in [-0.25, -0.2) is 8.42 Å². The van der Waals surface area contributed by atoms with Gasteiger partial charge in [-0.2, -0.15) is 5.26 Å². The van der Waals surface area contributed by atoms with Crippen LogP contribution in [0.25, 0.3) is 11.1 Å². The van der Waals surface area contributed by atoms with Crippen LogP contribution in [0, 0.1) is 11.3 Å². The van der Waals surface area contributed by atoms with E-state index in [9.17, 15) is 13.2 Å². The van der Waals surface area contributed by atoms with Crippen LogP contribution in [0.4, 0.5) is 0 Å². The van der Waals surface area contributed by atoms with Gasteiger partial charge in [-0.15, -0.1) is 0 Å². The summed E-state index contributed by atoms with van der Waals surface area (Å²) in [5.74, 6) is -1.86. The molecule has 0 fully saturated rings. The molecule has 0 radical (unpaired) electrons. The standard InChI is InChI=1S/C24H22N2O3S/c25-14-15-26-24(27)23(18-30(28,29)17-19-8-3-1-4-9-19)22-13-7-12-21(16-22)20-10-5-2-6-11-20/h1-13,16,23H,15,17-18H2,(H,26,27). The Morgan fingerprint density at radius 2 is 1.53 bits per heavy atom. The van der Waals surface area contributed by atoms with E-state index in [1.165, 1.54) is 0 Å². The summed E-state index contributed by atoms with van der Waals surface area (Å²) < 4.78 is 25.7. The first-order chi connectivity index (χ1) is 14.5. The smallest absolute Gasteiger partial charge is 0.229 e. The summed E-state index contributed by atoms with van der Waals surface area (Å²) in [4.78, 5) is 12.8. The first-order valence-corrected chi connectivity index (χ1v) is 11.3. The van der Waals surface area contributed by atoms with Gasteiger partial charge in [0.15, 0.2) is 9.84 Å². The van der Waals surface area contributed by atoms with E-state index in [0.717, 1.165) is 11.1 Å². The number of carbonyl (C=O) groups is 1. The van der Waals surface area contributed by atoms with Crippen molar-refractivity contribution in [3.8, 4) is 17.2 Å². The molecular weight excluding hydrogens is 396 g/mol. The van der Waals surface area contributed by atoms with Gasteiger partial charge in [0.2, 0.25) is 5.91 Å². The predicted octanol–water partition coefficient (Wildman–Crippen LogP) is 3.69. The fourth-order valence-corrected chi connectivity index (χ4v) is 4.95. The Bertz CT molecular complexity index is 1140. The molecule has 0 saturated carbocycles. The molecule has 1 N–H and O–H groups in total. The maximum atomic E-state index is 12.9. The molecular formula is C24H22N2O3S. The molecule has 6 heteroatoms. The van der Waals surface area contributed by atoms with Crippen LogP contribution in [0.3, 0.4) is 0 Å². The molecule has 0 spiro atoms. The normalized spacial score (nSPS) is 12.0. The maximum absolute atomic E-state index is 12.9. The van der Waals surface area contributed by atoms with Gasteiger partial charge in [-0.1, -0.05) is 84.9 Å². The van der Waals surface area contributed by atoms with Crippen LogP contribution in [0.5, 0.6) is 0 Å². The van der Waals surface area contributed by atoms with Crippen molar-refractivity contribution < 1.29 is 13.2 Å². The van der Waals surface area contributed by atoms with Crippen molar-refractivity contribution in [3.05, 3.63) is 96.1 Å². The van der Waals surface area contributed by atoms with Crippen LogP contribution in [0.1, 0.15) is 17.0 Å². The lowest BCUT2D eigenvalue weighted by Gasteiger charge is -2.18. The average Bonchev–Trinajstić information content (AvgIpc) is 2.77. The third-order valence-corrected chi connectivity index (χ3v) is 6.32. The second-order valence-electron chi connectivity index (χ2n) is 6.96. The highest BCUT2D eigenvalue weighted by Gasteiger charge is 2.27. The van der Waals surface area contributed by atoms with Gasteiger partial charge >= 0.3 is 0 Å². The fourth-order valence-electron chi connectivity index (χ4n) is 3.28. The van der Waals surface area contributed by atoms with Crippen LogP contribution in [0.2, 0.25) is 0 Å². The second kappa shape index (κ2) is 9.86. The average molecular weight is 419 g/mol. The number of sulfone groups is 1. The van der Waals surface area contributed by atoms with Gasteiger partial charge < -0.3 is 5.32 Å². The molecule has 1 unspecified atom stereocenters.